The molecular weight excluding hydrogens is 484 g/mol. The maximum Gasteiger partial charge on any atom is 0.318 e. The van der Waals surface area contributed by atoms with Crippen LogP contribution in [0, 0.1) is 20.8 Å². The van der Waals surface area contributed by atoms with Crippen molar-refractivity contribution in [2.75, 3.05) is 13.1 Å². The van der Waals surface area contributed by atoms with E-state index in [-0.39, 0.29) is 6.03 Å². The summed E-state index contributed by atoms with van der Waals surface area (Å²) in [5.74, 6) is 0. The topological polar surface area (TPSA) is 86.7 Å². The number of amides is 2. The summed E-state index contributed by atoms with van der Waals surface area (Å²) < 4.78 is 35.7. The van der Waals surface area contributed by atoms with Crippen LogP contribution in [0.15, 0.2) is 84.9 Å². The van der Waals surface area contributed by atoms with Gasteiger partial charge in [-0.15, -0.1) is 0 Å². The molecule has 1 aliphatic heterocycles. The van der Waals surface area contributed by atoms with Crippen molar-refractivity contribution >= 4 is 27.3 Å². The van der Waals surface area contributed by atoms with E-state index in [1.165, 1.54) is 0 Å². The summed E-state index contributed by atoms with van der Waals surface area (Å²) >= 11 is 0. The first kappa shape index (κ1) is 25.0. The van der Waals surface area contributed by atoms with Crippen molar-refractivity contribution < 1.29 is 17.8 Å². The number of nitrogens with zero attached hydrogens (tertiary/aromatic N) is 1. The molecule has 0 spiro atoms. The molecule has 2 aliphatic rings. The number of rotatable bonds is 5. The lowest BCUT2D eigenvalue weighted by atomic mass is 9.66. The fourth-order valence-corrected chi connectivity index (χ4v) is 6.37. The van der Waals surface area contributed by atoms with Gasteiger partial charge in [0.15, 0.2) is 0 Å². The Morgan fingerprint density at radius 2 is 1.30 bits per heavy atom. The van der Waals surface area contributed by atoms with Gasteiger partial charge in [0.25, 0.3) is 10.1 Å². The van der Waals surface area contributed by atoms with Crippen molar-refractivity contribution in [2.24, 2.45) is 0 Å². The van der Waals surface area contributed by atoms with Crippen LogP contribution >= 0.6 is 0 Å². The van der Waals surface area contributed by atoms with Crippen LogP contribution in [0.25, 0.3) is 11.1 Å². The summed E-state index contributed by atoms with van der Waals surface area (Å²) in [6.45, 7) is 6.84. The Bertz CT molecular complexity index is 1490. The zero-order valence-corrected chi connectivity index (χ0v) is 21.9. The zero-order valence-electron chi connectivity index (χ0n) is 21.1. The highest BCUT2D eigenvalue weighted by Gasteiger charge is 2.53. The van der Waals surface area contributed by atoms with Gasteiger partial charge in [0, 0.05) is 13.1 Å². The molecule has 1 saturated heterocycles. The molecule has 0 atom stereocenters. The monoisotopic (exact) mass is 514 g/mol. The molecule has 0 saturated carbocycles. The number of aryl methyl sites for hydroxylation is 3. The van der Waals surface area contributed by atoms with Gasteiger partial charge in [-0.25, -0.2) is 4.79 Å². The third-order valence-corrected chi connectivity index (χ3v) is 8.41. The molecule has 1 fully saturated rings. The summed E-state index contributed by atoms with van der Waals surface area (Å²) in [5.41, 5.74) is 5.51. The molecule has 6 nitrogen and oxygen atoms in total. The molecule has 3 aromatic carbocycles. The largest absolute Gasteiger partial charge is 0.336 e. The third-order valence-electron chi connectivity index (χ3n) is 7.45. The lowest BCUT2D eigenvalue weighted by molar-refractivity contribution is 0.193. The molecule has 1 aliphatic carbocycles. The van der Waals surface area contributed by atoms with Crippen molar-refractivity contribution in [1.82, 2.24) is 10.2 Å². The zero-order chi connectivity index (χ0) is 26.4. The smallest absolute Gasteiger partial charge is 0.318 e. The van der Waals surface area contributed by atoms with Crippen LogP contribution in [0.5, 0.6) is 0 Å². The first-order valence-electron chi connectivity index (χ1n) is 12.3. The fraction of sp³-hybridized carbons (Fsp3) is 0.233. The Morgan fingerprint density at radius 3 is 1.73 bits per heavy atom. The number of carbonyl (C=O) groups is 1. The van der Waals surface area contributed by atoms with Crippen molar-refractivity contribution in [2.45, 2.75) is 31.6 Å². The highest BCUT2D eigenvalue weighted by Crippen LogP contribution is 2.55. The number of hydrogen-bond acceptors (Lipinski definition) is 3. The minimum absolute atomic E-state index is 0.229. The minimum Gasteiger partial charge on any atom is -0.336 e. The first-order valence-corrected chi connectivity index (χ1v) is 13.8. The van der Waals surface area contributed by atoms with Crippen LogP contribution < -0.4 is 5.32 Å². The first-order chi connectivity index (χ1) is 17.7. The van der Waals surface area contributed by atoms with E-state index < -0.39 is 20.9 Å². The summed E-state index contributed by atoms with van der Waals surface area (Å²) in [5, 5.41) is 1.68. The quantitative estimate of drug-likeness (QED) is 0.454. The summed E-state index contributed by atoms with van der Waals surface area (Å²) in [7, 11) is -4.48. The highest BCUT2D eigenvalue weighted by molar-refractivity contribution is 7.86. The van der Waals surface area contributed by atoms with E-state index in [1.807, 2.05) is 98.5 Å². The predicted octanol–water partition coefficient (Wildman–Crippen LogP) is 5.27. The van der Waals surface area contributed by atoms with E-state index in [0.717, 1.165) is 33.4 Å². The third kappa shape index (κ3) is 4.08. The van der Waals surface area contributed by atoms with E-state index in [9.17, 15) is 17.8 Å². The summed E-state index contributed by atoms with van der Waals surface area (Å²) in [6.07, 6.45) is 3.22. The maximum atomic E-state index is 13.6. The molecule has 2 N–H and O–H groups in total. The average Bonchev–Trinajstić information content (AvgIpc) is 3.30. The second-order valence-corrected chi connectivity index (χ2v) is 11.3. The van der Waals surface area contributed by atoms with Gasteiger partial charge in [0.1, 0.15) is 10.8 Å². The van der Waals surface area contributed by atoms with Gasteiger partial charge >= 0.3 is 6.03 Å². The normalized spacial score (nSPS) is 21.9. The molecule has 3 aromatic rings. The Morgan fingerprint density at radius 1 is 0.811 bits per heavy atom. The summed E-state index contributed by atoms with van der Waals surface area (Å²) in [4.78, 5) is 15.4. The van der Waals surface area contributed by atoms with E-state index >= 15 is 0 Å². The maximum absolute atomic E-state index is 13.6. The van der Waals surface area contributed by atoms with Gasteiger partial charge in [0.05, 0.1) is 0 Å². The van der Waals surface area contributed by atoms with Gasteiger partial charge in [-0.05, 0) is 65.3 Å². The number of carbonyl (C=O) groups excluding carboxylic acids is 1. The van der Waals surface area contributed by atoms with Gasteiger partial charge in [-0.1, -0.05) is 84.9 Å². The molecular formula is C30H30N2O4S. The Kier molecular flexibility index (Phi) is 6.30. The van der Waals surface area contributed by atoms with E-state index in [0.29, 0.717) is 24.2 Å². The Balaban J connectivity index is 2.00. The molecule has 190 valence electrons. The number of urea groups is 1. The minimum atomic E-state index is -4.48. The predicted molar refractivity (Wildman–Crippen MR) is 147 cm³/mol. The molecule has 1 heterocycles. The van der Waals surface area contributed by atoms with E-state index in [1.54, 1.807) is 12.2 Å². The summed E-state index contributed by atoms with van der Waals surface area (Å²) in [6, 6.07) is 23.2. The fourth-order valence-electron chi connectivity index (χ4n) is 5.75. The lowest BCUT2D eigenvalue weighted by Crippen LogP contribution is -2.52. The molecule has 5 rings (SSSR count). The van der Waals surface area contributed by atoms with Crippen LogP contribution in [0.2, 0.25) is 0 Å². The number of nitrogens with one attached hydrogen (secondary N) is 1. The van der Waals surface area contributed by atoms with E-state index in [2.05, 4.69) is 5.32 Å². The van der Waals surface area contributed by atoms with Gasteiger partial charge in [-0.3, -0.25) is 4.55 Å². The molecule has 7 heteroatoms. The molecule has 37 heavy (non-hydrogen) atoms. The van der Waals surface area contributed by atoms with Crippen molar-refractivity contribution in [3.8, 4) is 0 Å². The second kappa shape index (κ2) is 9.32. The van der Waals surface area contributed by atoms with Gasteiger partial charge < -0.3 is 10.2 Å². The van der Waals surface area contributed by atoms with Gasteiger partial charge in [-0.2, -0.15) is 8.42 Å². The average molecular weight is 515 g/mol. The molecule has 0 aromatic heterocycles. The molecule has 0 radical (unpaired) electrons. The van der Waals surface area contributed by atoms with Crippen LogP contribution in [0.4, 0.5) is 4.79 Å². The van der Waals surface area contributed by atoms with Crippen molar-refractivity contribution in [1.29, 1.82) is 0 Å². The Hall–Kier alpha value is -3.68. The number of hydrogen-bond donors (Lipinski definition) is 2. The Labute approximate surface area is 218 Å². The standard InChI is InChI=1S/C30H30N2O4S/c1-20-10-4-7-13-24(20)27-18-23(37(34,35)36)19-28(25-14-8-5-11-21(25)2)30(27,32-17-16-31-29(32)33)26-15-9-6-12-22(26)3/h4-15,18-19,23H,16-17H2,1-3H3,(H,31,33)(H,34,35,36). The SMILES string of the molecule is Cc1ccccc1C1=CC(S(=O)(=O)O)C=C(c2ccccc2C)C1(c1ccccc1C)N1CCNC1=O. The number of benzene rings is 3. The molecule has 0 bridgehead atoms. The van der Waals surface area contributed by atoms with Crippen LogP contribution in [-0.4, -0.2) is 42.2 Å². The lowest BCUT2D eigenvalue weighted by Gasteiger charge is -2.49. The van der Waals surface area contributed by atoms with Crippen LogP contribution in [-0.2, 0) is 15.7 Å². The highest BCUT2D eigenvalue weighted by atomic mass is 32.2. The van der Waals surface area contributed by atoms with Crippen LogP contribution in [0.1, 0.15) is 33.4 Å². The second-order valence-electron chi connectivity index (χ2n) is 9.68. The molecule has 0 unspecified atom stereocenters. The van der Waals surface area contributed by atoms with Crippen molar-refractivity contribution in [3.05, 3.63) is 118 Å². The van der Waals surface area contributed by atoms with Gasteiger partial charge in [0.2, 0.25) is 0 Å². The van der Waals surface area contributed by atoms with Crippen molar-refractivity contribution in [3.63, 3.8) is 0 Å². The molecule has 2 amide bonds. The van der Waals surface area contributed by atoms with E-state index in [4.69, 9.17) is 0 Å². The van der Waals surface area contributed by atoms with Crippen LogP contribution in [0.3, 0.4) is 0 Å².